The minimum absolute atomic E-state index is 0.0344. The number of Topliss-reactive ketones (excluding diaryl/α,β-unsaturated/α-hetero) is 1. The first-order valence-electron chi connectivity index (χ1n) is 14.8. The van der Waals surface area contributed by atoms with E-state index >= 15 is 0 Å². The maximum atomic E-state index is 13.6. The van der Waals surface area contributed by atoms with Gasteiger partial charge >= 0.3 is 0 Å². The van der Waals surface area contributed by atoms with Crippen molar-refractivity contribution >= 4 is 5.78 Å². The Hall–Kier alpha value is -2.46. The molecule has 1 aliphatic heterocycles. The van der Waals surface area contributed by atoms with Gasteiger partial charge in [-0.15, -0.1) is 0 Å². The van der Waals surface area contributed by atoms with Crippen LogP contribution in [-0.2, 0) is 4.74 Å². The van der Waals surface area contributed by atoms with Crippen LogP contribution in [0.1, 0.15) is 126 Å². The van der Waals surface area contributed by atoms with Gasteiger partial charge in [0.25, 0.3) is 0 Å². The van der Waals surface area contributed by atoms with E-state index in [-0.39, 0.29) is 23.6 Å². The third-order valence-electron chi connectivity index (χ3n) is 7.66. The molecule has 3 atom stereocenters. The lowest BCUT2D eigenvalue weighted by Crippen LogP contribution is -2.31. The number of pyridine rings is 1. The second kappa shape index (κ2) is 14.1. The maximum Gasteiger partial charge on any atom is 0.207 e. The van der Waals surface area contributed by atoms with Crippen molar-refractivity contribution in [3.05, 3.63) is 70.6 Å². The van der Waals surface area contributed by atoms with Gasteiger partial charge in [0.1, 0.15) is 11.4 Å². The predicted molar refractivity (Wildman–Crippen MR) is 157 cm³/mol. The molecule has 0 spiro atoms. The molecule has 208 valence electrons. The van der Waals surface area contributed by atoms with Crippen molar-refractivity contribution in [1.29, 1.82) is 0 Å². The number of rotatable bonds is 12. The van der Waals surface area contributed by atoms with Crippen molar-refractivity contribution in [2.75, 3.05) is 0 Å². The van der Waals surface area contributed by atoms with Gasteiger partial charge in [0.2, 0.25) is 5.78 Å². The molecule has 3 unspecified atom stereocenters. The molecule has 0 N–H and O–H groups in total. The standard InChI is InChI=1S/C34H49NO3/c1-8-14-27-19-20-31(28-16-11-10-12-17-28)38-34(7,23-27)21-13-18-29(15-9-2)32(36)30-22-25(5)33(26(6)35-30)37-24(3)4/h10-12,15-17,22,24,27,31H,8-9,13-14,18-21,23H2,1-7H3. The van der Waals surface area contributed by atoms with Crippen molar-refractivity contribution < 1.29 is 14.3 Å². The molecule has 2 aromatic rings. The van der Waals surface area contributed by atoms with Gasteiger partial charge < -0.3 is 9.47 Å². The highest BCUT2D eigenvalue weighted by Crippen LogP contribution is 2.42. The Morgan fingerprint density at radius 2 is 1.92 bits per heavy atom. The molecule has 3 rings (SSSR count). The highest BCUT2D eigenvalue weighted by molar-refractivity contribution is 6.07. The molecule has 4 heteroatoms. The van der Waals surface area contributed by atoms with Gasteiger partial charge in [-0.05, 0) is 108 Å². The molecule has 4 nitrogen and oxygen atoms in total. The third kappa shape index (κ3) is 8.27. The van der Waals surface area contributed by atoms with Crippen LogP contribution >= 0.6 is 0 Å². The molecule has 1 aromatic heterocycles. The number of hydrogen-bond donors (Lipinski definition) is 0. The van der Waals surface area contributed by atoms with E-state index in [4.69, 9.17) is 9.47 Å². The third-order valence-corrected chi connectivity index (χ3v) is 7.66. The minimum atomic E-state index is -0.196. The zero-order valence-electron chi connectivity index (χ0n) is 24.8. The Morgan fingerprint density at radius 1 is 1.18 bits per heavy atom. The fraction of sp³-hybridized carbons (Fsp3) is 0.588. The zero-order chi connectivity index (χ0) is 27.7. The number of aryl methyl sites for hydroxylation is 2. The number of carbonyl (C=O) groups is 1. The van der Waals surface area contributed by atoms with E-state index in [9.17, 15) is 4.79 Å². The van der Waals surface area contributed by atoms with Gasteiger partial charge in [0.05, 0.1) is 23.5 Å². The van der Waals surface area contributed by atoms with Crippen LogP contribution in [0.5, 0.6) is 5.75 Å². The molecule has 1 aromatic carbocycles. The summed E-state index contributed by atoms with van der Waals surface area (Å²) < 4.78 is 12.8. The summed E-state index contributed by atoms with van der Waals surface area (Å²) in [5, 5.41) is 0. The van der Waals surface area contributed by atoms with E-state index < -0.39 is 0 Å². The number of hydrogen-bond acceptors (Lipinski definition) is 4. The summed E-state index contributed by atoms with van der Waals surface area (Å²) in [5.74, 6) is 1.51. The molecule has 1 aliphatic rings. The summed E-state index contributed by atoms with van der Waals surface area (Å²) >= 11 is 0. The van der Waals surface area contributed by atoms with Crippen molar-refractivity contribution in [2.45, 2.75) is 124 Å². The summed E-state index contributed by atoms with van der Waals surface area (Å²) in [5.41, 5.74) is 4.18. The van der Waals surface area contributed by atoms with E-state index in [0.29, 0.717) is 11.6 Å². The van der Waals surface area contributed by atoms with Gasteiger partial charge in [-0.3, -0.25) is 4.79 Å². The number of nitrogens with zero attached hydrogens (tertiary/aromatic N) is 1. The zero-order valence-corrected chi connectivity index (χ0v) is 24.8. The Balaban J connectivity index is 1.73. The normalized spacial score (nSPS) is 22.4. The summed E-state index contributed by atoms with van der Waals surface area (Å²) in [7, 11) is 0. The highest BCUT2D eigenvalue weighted by atomic mass is 16.5. The first-order valence-corrected chi connectivity index (χ1v) is 14.8. The van der Waals surface area contributed by atoms with Gasteiger partial charge in [0, 0.05) is 0 Å². The fourth-order valence-corrected chi connectivity index (χ4v) is 5.99. The molecule has 1 fully saturated rings. The molecule has 0 aliphatic carbocycles. The van der Waals surface area contributed by atoms with Crippen LogP contribution in [0.2, 0.25) is 0 Å². The first kappa shape index (κ1) is 30.1. The molecule has 0 radical (unpaired) electrons. The first-order chi connectivity index (χ1) is 18.2. The van der Waals surface area contributed by atoms with Crippen LogP contribution < -0.4 is 4.74 Å². The monoisotopic (exact) mass is 519 g/mol. The Morgan fingerprint density at radius 3 is 2.55 bits per heavy atom. The molecular formula is C34H49NO3. The summed E-state index contributed by atoms with van der Waals surface area (Å²) in [6.07, 6.45) is 11.5. The molecular weight excluding hydrogens is 470 g/mol. The summed E-state index contributed by atoms with van der Waals surface area (Å²) in [4.78, 5) is 18.2. The van der Waals surface area contributed by atoms with Crippen LogP contribution in [0, 0.1) is 19.8 Å². The Kier molecular flexibility index (Phi) is 11.1. The van der Waals surface area contributed by atoms with E-state index in [2.05, 4.69) is 62.2 Å². The van der Waals surface area contributed by atoms with Crippen LogP contribution in [0.3, 0.4) is 0 Å². The minimum Gasteiger partial charge on any atom is -0.489 e. The van der Waals surface area contributed by atoms with Gasteiger partial charge in [-0.2, -0.15) is 0 Å². The van der Waals surface area contributed by atoms with Crippen molar-refractivity contribution in [1.82, 2.24) is 4.98 Å². The van der Waals surface area contributed by atoms with Gasteiger partial charge in [-0.25, -0.2) is 4.98 Å². The average Bonchev–Trinajstić information content (AvgIpc) is 3.04. The highest BCUT2D eigenvalue weighted by Gasteiger charge is 2.35. The van der Waals surface area contributed by atoms with Crippen molar-refractivity contribution in [2.24, 2.45) is 5.92 Å². The summed E-state index contributed by atoms with van der Waals surface area (Å²) in [6, 6.07) is 12.6. The second-order valence-electron chi connectivity index (χ2n) is 11.6. The number of carbonyl (C=O) groups excluding carboxylic acids is 1. The molecule has 0 saturated carbocycles. The Labute approximate surface area is 231 Å². The van der Waals surface area contributed by atoms with Gasteiger partial charge in [-0.1, -0.05) is 63.1 Å². The molecule has 2 heterocycles. The number of ketones is 1. The molecule has 1 saturated heterocycles. The average molecular weight is 520 g/mol. The van der Waals surface area contributed by atoms with E-state index in [1.165, 1.54) is 24.8 Å². The molecule has 0 bridgehead atoms. The maximum absolute atomic E-state index is 13.6. The predicted octanol–water partition coefficient (Wildman–Crippen LogP) is 9.29. The van der Waals surface area contributed by atoms with Crippen molar-refractivity contribution in [3.8, 4) is 5.75 Å². The smallest absolute Gasteiger partial charge is 0.207 e. The topological polar surface area (TPSA) is 48.4 Å². The van der Waals surface area contributed by atoms with Crippen LogP contribution in [0.25, 0.3) is 0 Å². The SMILES string of the molecule is CCC=C(CCCC1(C)CC(CCC)CCC(c2ccccc2)O1)C(=O)c1cc(C)c(OC(C)C)c(C)n1. The Bertz CT molecular complexity index is 1050. The van der Waals surface area contributed by atoms with E-state index in [1.54, 1.807) is 0 Å². The lowest BCUT2D eigenvalue weighted by Gasteiger charge is -2.34. The summed E-state index contributed by atoms with van der Waals surface area (Å²) in [6.45, 7) is 14.6. The largest absolute Gasteiger partial charge is 0.489 e. The van der Waals surface area contributed by atoms with Crippen LogP contribution in [0.15, 0.2) is 48.0 Å². The molecule has 38 heavy (non-hydrogen) atoms. The number of benzene rings is 1. The number of allylic oxidation sites excluding steroid dienone is 2. The van der Waals surface area contributed by atoms with Crippen LogP contribution in [-0.4, -0.2) is 22.5 Å². The van der Waals surface area contributed by atoms with E-state index in [0.717, 1.165) is 61.1 Å². The van der Waals surface area contributed by atoms with Crippen molar-refractivity contribution in [3.63, 3.8) is 0 Å². The van der Waals surface area contributed by atoms with Crippen LogP contribution in [0.4, 0.5) is 0 Å². The lowest BCUT2D eigenvalue weighted by atomic mass is 9.83. The lowest BCUT2D eigenvalue weighted by molar-refractivity contribution is -0.0906. The van der Waals surface area contributed by atoms with E-state index in [1.807, 2.05) is 33.8 Å². The quantitative estimate of drug-likeness (QED) is 0.207. The second-order valence-corrected chi connectivity index (χ2v) is 11.6. The molecule has 0 amide bonds. The fourth-order valence-electron chi connectivity index (χ4n) is 5.99. The number of ether oxygens (including phenoxy) is 2. The van der Waals surface area contributed by atoms with Gasteiger partial charge in [0.15, 0.2) is 0 Å². The number of aromatic nitrogens is 1.